The summed E-state index contributed by atoms with van der Waals surface area (Å²) in [5, 5.41) is 2.24. The molecule has 144 valence electrons. The number of aryl methyl sites for hydroxylation is 1. The number of hydrogen-bond donors (Lipinski definition) is 1. The maximum Gasteiger partial charge on any atom is 0.419 e. The predicted octanol–water partition coefficient (Wildman–Crippen LogP) is 3.90. The van der Waals surface area contributed by atoms with Crippen molar-refractivity contribution in [3.8, 4) is 0 Å². The highest BCUT2D eigenvalue weighted by Gasteiger charge is 2.35. The van der Waals surface area contributed by atoms with Crippen LogP contribution in [0.1, 0.15) is 11.1 Å². The molecule has 0 radical (unpaired) electrons. The molecule has 2 heterocycles. The molecule has 1 aliphatic heterocycles. The van der Waals surface area contributed by atoms with Crippen LogP contribution in [0.25, 0.3) is 0 Å². The summed E-state index contributed by atoms with van der Waals surface area (Å²) in [4.78, 5) is 19.9. The van der Waals surface area contributed by atoms with Crippen molar-refractivity contribution in [3.05, 3.63) is 53.6 Å². The molecule has 0 saturated carbocycles. The number of benzene rings is 1. The van der Waals surface area contributed by atoms with E-state index in [9.17, 15) is 22.4 Å². The van der Waals surface area contributed by atoms with Crippen molar-refractivity contribution in [3.63, 3.8) is 0 Å². The molecule has 1 aliphatic rings. The van der Waals surface area contributed by atoms with E-state index in [0.717, 1.165) is 23.4 Å². The average molecular weight is 382 g/mol. The van der Waals surface area contributed by atoms with Crippen LogP contribution in [-0.2, 0) is 6.18 Å². The predicted molar refractivity (Wildman–Crippen MR) is 93.2 cm³/mol. The SMILES string of the molecule is Cc1cnccc1N1CCN(C(=O)Nc2cccc(C(F)(F)F)c2F)CC1. The molecule has 27 heavy (non-hydrogen) atoms. The van der Waals surface area contributed by atoms with E-state index in [0.29, 0.717) is 32.2 Å². The molecule has 1 aromatic heterocycles. The molecule has 1 saturated heterocycles. The van der Waals surface area contributed by atoms with Crippen molar-refractivity contribution in [2.45, 2.75) is 13.1 Å². The van der Waals surface area contributed by atoms with Gasteiger partial charge in [-0.1, -0.05) is 6.07 Å². The number of anilines is 2. The zero-order valence-corrected chi connectivity index (χ0v) is 14.6. The van der Waals surface area contributed by atoms with Crippen molar-refractivity contribution in [2.75, 3.05) is 36.4 Å². The standard InChI is InChI=1S/C18H18F4N4O/c1-12-11-23-6-5-15(12)25-7-9-26(10-8-25)17(27)24-14-4-2-3-13(16(14)19)18(20,21)22/h2-6,11H,7-10H2,1H3,(H,24,27). The number of halogens is 4. The van der Waals surface area contributed by atoms with Crippen LogP contribution >= 0.6 is 0 Å². The molecule has 5 nitrogen and oxygen atoms in total. The van der Waals surface area contributed by atoms with Gasteiger partial charge in [0.05, 0.1) is 11.3 Å². The molecule has 0 aliphatic carbocycles. The van der Waals surface area contributed by atoms with Crippen LogP contribution in [0.2, 0.25) is 0 Å². The number of alkyl halides is 3. The Balaban J connectivity index is 1.65. The molecule has 2 aromatic rings. The fourth-order valence-electron chi connectivity index (χ4n) is 3.01. The highest BCUT2D eigenvalue weighted by molar-refractivity contribution is 5.89. The topological polar surface area (TPSA) is 48.5 Å². The molecular formula is C18H18F4N4O. The molecule has 1 fully saturated rings. The number of carbonyl (C=O) groups excluding carboxylic acids is 1. The zero-order chi connectivity index (χ0) is 19.6. The summed E-state index contributed by atoms with van der Waals surface area (Å²) in [7, 11) is 0. The first kappa shape index (κ1) is 18.9. The fraction of sp³-hybridized carbons (Fsp3) is 0.333. The van der Waals surface area contributed by atoms with E-state index < -0.39 is 29.3 Å². The van der Waals surface area contributed by atoms with Crippen LogP contribution in [-0.4, -0.2) is 42.1 Å². The van der Waals surface area contributed by atoms with Gasteiger partial charge in [-0.3, -0.25) is 4.98 Å². The van der Waals surface area contributed by atoms with Crippen molar-refractivity contribution in [1.82, 2.24) is 9.88 Å². The van der Waals surface area contributed by atoms with Gasteiger partial charge in [0.15, 0.2) is 5.82 Å². The lowest BCUT2D eigenvalue weighted by molar-refractivity contribution is -0.139. The summed E-state index contributed by atoms with van der Waals surface area (Å²) >= 11 is 0. The van der Waals surface area contributed by atoms with Gasteiger partial charge in [-0.05, 0) is 30.7 Å². The lowest BCUT2D eigenvalue weighted by atomic mass is 10.1. The number of carbonyl (C=O) groups is 1. The Morgan fingerprint density at radius 2 is 1.85 bits per heavy atom. The normalized spacial score (nSPS) is 15.0. The third-order valence-corrected chi connectivity index (χ3v) is 4.44. The van der Waals surface area contributed by atoms with Crippen LogP contribution in [0.5, 0.6) is 0 Å². The number of nitrogens with one attached hydrogen (secondary N) is 1. The maximum absolute atomic E-state index is 14.1. The second kappa shape index (κ2) is 7.42. The van der Waals surface area contributed by atoms with E-state index in [-0.39, 0.29) is 0 Å². The van der Waals surface area contributed by atoms with Gasteiger partial charge >= 0.3 is 12.2 Å². The summed E-state index contributed by atoms with van der Waals surface area (Å²) in [6, 6.07) is 4.08. The van der Waals surface area contributed by atoms with Crippen LogP contribution in [0.3, 0.4) is 0 Å². The lowest BCUT2D eigenvalue weighted by Crippen LogP contribution is -2.50. The Morgan fingerprint density at radius 3 is 2.48 bits per heavy atom. The molecule has 2 amide bonds. The number of urea groups is 1. The summed E-state index contributed by atoms with van der Waals surface area (Å²) in [5.41, 5.74) is 0.149. The van der Waals surface area contributed by atoms with Crippen LogP contribution < -0.4 is 10.2 Å². The maximum atomic E-state index is 14.1. The van der Waals surface area contributed by atoms with Crippen LogP contribution in [0.4, 0.5) is 33.7 Å². The highest BCUT2D eigenvalue weighted by Crippen LogP contribution is 2.34. The van der Waals surface area contributed by atoms with E-state index in [1.54, 1.807) is 12.4 Å². The Kier molecular flexibility index (Phi) is 5.20. The number of aromatic nitrogens is 1. The van der Waals surface area contributed by atoms with E-state index in [1.807, 2.05) is 13.0 Å². The quantitative estimate of drug-likeness (QED) is 0.802. The summed E-state index contributed by atoms with van der Waals surface area (Å²) in [6.45, 7) is 3.80. The van der Waals surface area contributed by atoms with Gasteiger partial charge in [0.2, 0.25) is 0 Å². The van der Waals surface area contributed by atoms with Gasteiger partial charge in [-0.2, -0.15) is 13.2 Å². The van der Waals surface area contributed by atoms with Gasteiger partial charge in [0.25, 0.3) is 0 Å². The fourth-order valence-corrected chi connectivity index (χ4v) is 3.01. The van der Waals surface area contributed by atoms with Crippen LogP contribution in [0, 0.1) is 12.7 Å². The van der Waals surface area contributed by atoms with Gasteiger partial charge in [0, 0.05) is 44.3 Å². The Hall–Kier alpha value is -2.84. The second-order valence-corrected chi connectivity index (χ2v) is 6.23. The Morgan fingerprint density at radius 1 is 1.15 bits per heavy atom. The minimum atomic E-state index is -4.82. The van der Waals surface area contributed by atoms with E-state index in [1.165, 1.54) is 4.90 Å². The first-order valence-electron chi connectivity index (χ1n) is 8.34. The summed E-state index contributed by atoms with van der Waals surface area (Å²) < 4.78 is 52.4. The van der Waals surface area contributed by atoms with Crippen molar-refractivity contribution in [1.29, 1.82) is 0 Å². The monoisotopic (exact) mass is 382 g/mol. The molecule has 0 atom stereocenters. The van der Waals surface area contributed by atoms with Gasteiger partial charge in [-0.15, -0.1) is 0 Å². The molecule has 9 heteroatoms. The molecule has 1 aromatic carbocycles. The van der Waals surface area contributed by atoms with E-state index >= 15 is 0 Å². The third-order valence-electron chi connectivity index (χ3n) is 4.44. The number of amides is 2. The second-order valence-electron chi connectivity index (χ2n) is 6.23. The summed E-state index contributed by atoms with van der Waals surface area (Å²) in [6.07, 6.45) is -1.37. The molecular weight excluding hydrogens is 364 g/mol. The van der Waals surface area contributed by atoms with Gasteiger partial charge < -0.3 is 15.1 Å². The van der Waals surface area contributed by atoms with E-state index in [4.69, 9.17) is 0 Å². The van der Waals surface area contributed by atoms with Gasteiger partial charge in [-0.25, -0.2) is 9.18 Å². The smallest absolute Gasteiger partial charge is 0.368 e. The molecule has 3 rings (SSSR count). The summed E-state index contributed by atoms with van der Waals surface area (Å²) in [5.74, 6) is -1.48. The lowest BCUT2D eigenvalue weighted by Gasteiger charge is -2.36. The number of pyridine rings is 1. The first-order valence-corrected chi connectivity index (χ1v) is 8.34. The molecule has 1 N–H and O–H groups in total. The first-order chi connectivity index (χ1) is 12.8. The Bertz CT molecular complexity index is 832. The zero-order valence-electron chi connectivity index (χ0n) is 14.6. The average Bonchev–Trinajstić information content (AvgIpc) is 2.63. The van der Waals surface area contributed by atoms with Crippen molar-refractivity contribution < 1.29 is 22.4 Å². The van der Waals surface area contributed by atoms with Crippen molar-refractivity contribution >= 4 is 17.4 Å². The highest BCUT2D eigenvalue weighted by atomic mass is 19.4. The molecule has 0 bridgehead atoms. The Labute approximate surface area is 153 Å². The van der Waals surface area contributed by atoms with Crippen molar-refractivity contribution in [2.24, 2.45) is 0 Å². The number of nitrogens with zero attached hydrogens (tertiary/aromatic N) is 3. The number of rotatable bonds is 2. The number of piperazine rings is 1. The molecule has 0 unspecified atom stereocenters. The van der Waals surface area contributed by atoms with Crippen LogP contribution in [0.15, 0.2) is 36.7 Å². The van der Waals surface area contributed by atoms with E-state index in [2.05, 4.69) is 15.2 Å². The molecule has 0 spiro atoms. The largest absolute Gasteiger partial charge is 0.419 e. The van der Waals surface area contributed by atoms with Gasteiger partial charge in [0.1, 0.15) is 0 Å². The minimum absolute atomic E-state index is 0.369. The minimum Gasteiger partial charge on any atom is -0.368 e. The third kappa shape index (κ3) is 4.12. The number of hydrogen-bond acceptors (Lipinski definition) is 3.